The minimum Gasteiger partial charge on any atom is -0.337 e. The first-order chi connectivity index (χ1) is 8.43. The van der Waals surface area contributed by atoms with E-state index in [-0.39, 0.29) is 12.5 Å². The Morgan fingerprint density at radius 1 is 1.50 bits per heavy atom. The maximum atomic E-state index is 12.6. The summed E-state index contributed by atoms with van der Waals surface area (Å²) in [4.78, 5) is 12.8. The molecule has 0 aromatic carbocycles. The van der Waals surface area contributed by atoms with Gasteiger partial charge in [0.15, 0.2) is 0 Å². The topological polar surface area (TPSA) is 63.9 Å². The van der Waals surface area contributed by atoms with E-state index in [1.807, 2.05) is 0 Å². The van der Waals surface area contributed by atoms with E-state index < -0.39 is 18.0 Å². The molecule has 9 heteroatoms. The van der Waals surface area contributed by atoms with Gasteiger partial charge in [-0.2, -0.15) is 13.2 Å². The Balaban J connectivity index is 2.18. The van der Waals surface area contributed by atoms with Crippen LogP contribution in [0.5, 0.6) is 0 Å². The highest BCUT2D eigenvalue weighted by Crippen LogP contribution is 2.30. The summed E-state index contributed by atoms with van der Waals surface area (Å²) in [7, 11) is 0. The van der Waals surface area contributed by atoms with Gasteiger partial charge in [0.1, 0.15) is 0 Å². The zero-order chi connectivity index (χ0) is 13.3. The number of carbonyl (C=O) groups is 1. The Kier molecular flexibility index (Phi) is 3.05. The highest BCUT2D eigenvalue weighted by atomic mass is 19.4. The molecule has 0 bridgehead atoms. The van der Waals surface area contributed by atoms with E-state index >= 15 is 0 Å². The lowest BCUT2D eigenvalue weighted by atomic mass is 10.2. The van der Waals surface area contributed by atoms with Crippen LogP contribution in [-0.4, -0.2) is 44.1 Å². The van der Waals surface area contributed by atoms with Gasteiger partial charge in [-0.05, 0) is 22.9 Å². The van der Waals surface area contributed by atoms with E-state index in [2.05, 4.69) is 22.1 Å². The van der Waals surface area contributed by atoms with Crippen LogP contribution in [0.2, 0.25) is 0 Å². The summed E-state index contributed by atoms with van der Waals surface area (Å²) in [6.45, 7) is 3.85. The van der Waals surface area contributed by atoms with Crippen molar-refractivity contribution in [3.63, 3.8) is 0 Å². The molecule has 2 heterocycles. The highest BCUT2D eigenvalue weighted by molar-refractivity contribution is 5.87. The molecule has 18 heavy (non-hydrogen) atoms. The van der Waals surface area contributed by atoms with Gasteiger partial charge >= 0.3 is 6.18 Å². The van der Waals surface area contributed by atoms with Gasteiger partial charge in [0, 0.05) is 13.1 Å². The second-order valence-corrected chi connectivity index (χ2v) is 3.88. The molecule has 1 atom stereocenters. The summed E-state index contributed by atoms with van der Waals surface area (Å²) < 4.78 is 38.5. The van der Waals surface area contributed by atoms with Crippen molar-refractivity contribution in [2.24, 2.45) is 0 Å². The molecule has 1 amide bonds. The summed E-state index contributed by atoms with van der Waals surface area (Å²) in [6.07, 6.45) is -3.08. The lowest BCUT2D eigenvalue weighted by Gasteiger charge is -2.15. The standard InChI is InChI=1S/C9H10F3N5O/c1-2-7(18)16-4-3-6(5-16)17-8(9(10,11)12)13-14-15-17/h2,6H,1,3-5H2. The van der Waals surface area contributed by atoms with Crippen LogP contribution in [-0.2, 0) is 11.0 Å². The van der Waals surface area contributed by atoms with Gasteiger partial charge in [-0.1, -0.05) is 6.58 Å². The number of amides is 1. The molecule has 2 rings (SSSR count). The third-order valence-corrected chi connectivity index (χ3v) is 2.74. The van der Waals surface area contributed by atoms with Crippen molar-refractivity contribution in [1.29, 1.82) is 0 Å². The van der Waals surface area contributed by atoms with Crippen LogP contribution in [0.1, 0.15) is 18.3 Å². The van der Waals surface area contributed by atoms with Crippen molar-refractivity contribution in [3.05, 3.63) is 18.5 Å². The molecule has 1 aliphatic heterocycles. The molecular formula is C9H10F3N5O. The number of aromatic nitrogens is 4. The molecule has 1 aromatic rings. The Labute approximate surface area is 100 Å². The highest BCUT2D eigenvalue weighted by Gasteiger charge is 2.41. The van der Waals surface area contributed by atoms with Crippen LogP contribution in [0, 0.1) is 0 Å². The Morgan fingerprint density at radius 2 is 2.22 bits per heavy atom. The van der Waals surface area contributed by atoms with Crippen molar-refractivity contribution in [2.45, 2.75) is 18.6 Å². The Bertz CT molecular complexity index is 469. The summed E-state index contributed by atoms with van der Waals surface area (Å²) >= 11 is 0. The smallest absolute Gasteiger partial charge is 0.337 e. The van der Waals surface area contributed by atoms with E-state index in [4.69, 9.17) is 0 Å². The van der Waals surface area contributed by atoms with E-state index in [0.29, 0.717) is 13.0 Å². The van der Waals surface area contributed by atoms with Crippen LogP contribution < -0.4 is 0 Å². The van der Waals surface area contributed by atoms with Gasteiger partial charge in [-0.3, -0.25) is 4.79 Å². The SMILES string of the molecule is C=CC(=O)N1CCC(n2nnnc2C(F)(F)F)C1. The molecule has 98 valence electrons. The number of tetrazole rings is 1. The van der Waals surface area contributed by atoms with Gasteiger partial charge in [0.05, 0.1) is 6.04 Å². The molecule has 0 saturated carbocycles. The number of rotatable bonds is 2. The Morgan fingerprint density at radius 3 is 2.83 bits per heavy atom. The molecule has 0 N–H and O–H groups in total. The molecule has 1 fully saturated rings. The van der Waals surface area contributed by atoms with Crippen LogP contribution in [0.3, 0.4) is 0 Å². The second-order valence-electron chi connectivity index (χ2n) is 3.88. The average Bonchev–Trinajstić information content (AvgIpc) is 2.94. The summed E-state index contributed by atoms with van der Waals surface area (Å²) in [5.41, 5.74) is 0. The maximum Gasteiger partial charge on any atom is 0.453 e. The average molecular weight is 261 g/mol. The number of halogens is 3. The summed E-state index contributed by atoms with van der Waals surface area (Å²) in [5, 5.41) is 9.37. The molecule has 1 aliphatic rings. The van der Waals surface area contributed by atoms with E-state index in [1.54, 1.807) is 0 Å². The zero-order valence-electron chi connectivity index (χ0n) is 9.26. The second kappa shape index (κ2) is 4.39. The van der Waals surface area contributed by atoms with Crippen LogP contribution in [0.25, 0.3) is 0 Å². The van der Waals surface area contributed by atoms with Gasteiger partial charge < -0.3 is 4.90 Å². The van der Waals surface area contributed by atoms with Crippen molar-refractivity contribution >= 4 is 5.91 Å². The van der Waals surface area contributed by atoms with Crippen molar-refractivity contribution in [1.82, 2.24) is 25.1 Å². The first kappa shape index (κ1) is 12.5. The van der Waals surface area contributed by atoms with Gasteiger partial charge in [-0.25, -0.2) is 4.68 Å². The molecule has 1 unspecified atom stereocenters. The molecule has 1 aromatic heterocycles. The predicted molar refractivity (Wildman–Crippen MR) is 53.3 cm³/mol. The fourth-order valence-electron chi connectivity index (χ4n) is 1.90. The third kappa shape index (κ3) is 2.20. The molecule has 6 nitrogen and oxygen atoms in total. The molecular weight excluding hydrogens is 251 g/mol. The number of hydrogen-bond donors (Lipinski definition) is 0. The van der Waals surface area contributed by atoms with Crippen molar-refractivity contribution in [2.75, 3.05) is 13.1 Å². The quantitative estimate of drug-likeness (QED) is 0.733. The summed E-state index contributed by atoms with van der Waals surface area (Å²) in [5.74, 6) is -1.44. The summed E-state index contributed by atoms with van der Waals surface area (Å²) in [6, 6.07) is -0.555. The molecule has 0 spiro atoms. The van der Waals surface area contributed by atoms with Gasteiger partial charge in [0.25, 0.3) is 5.82 Å². The van der Waals surface area contributed by atoms with Crippen LogP contribution in [0.15, 0.2) is 12.7 Å². The number of alkyl halides is 3. The first-order valence-electron chi connectivity index (χ1n) is 5.20. The fraction of sp³-hybridized carbons (Fsp3) is 0.556. The number of carbonyl (C=O) groups excluding carboxylic acids is 1. The minimum atomic E-state index is -4.60. The molecule has 0 aliphatic carbocycles. The van der Waals surface area contributed by atoms with E-state index in [1.165, 1.54) is 4.90 Å². The largest absolute Gasteiger partial charge is 0.453 e. The minimum absolute atomic E-state index is 0.152. The molecule has 1 saturated heterocycles. The number of hydrogen-bond acceptors (Lipinski definition) is 4. The van der Waals surface area contributed by atoms with Crippen molar-refractivity contribution in [3.8, 4) is 0 Å². The van der Waals surface area contributed by atoms with Gasteiger partial charge in [0.2, 0.25) is 5.91 Å². The molecule has 0 radical (unpaired) electrons. The van der Waals surface area contributed by atoms with Crippen LogP contribution >= 0.6 is 0 Å². The van der Waals surface area contributed by atoms with E-state index in [0.717, 1.165) is 10.8 Å². The third-order valence-electron chi connectivity index (χ3n) is 2.74. The fourth-order valence-corrected chi connectivity index (χ4v) is 1.90. The predicted octanol–water partition coefficient (Wildman–Crippen LogP) is 0.651. The number of nitrogens with zero attached hydrogens (tertiary/aromatic N) is 5. The van der Waals surface area contributed by atoms with Crippen LogP contribution in [0.4, 0.5) is 13.2 Å². The zero-order valence-corrected chi connectivity index (χ0v) is 9.26. The lowest BCUT2D eigenvalue weighted by Crippen LogP contribution is -2.28. The first-order valence-corrected chi connectivity index (χ1v) is 5.20. The number of likely N-dealkylation sites (tertiary alicyclic amines) is 1. The monoisotopic (exact) mass is 261 g/mol. The van der Waals surface area contributed by atoms with Gasteiger partial charge in [-0.15, -0.1) is 5.10 Å². The Hall–Kier alpha value is -1.93. The van der Waals surface area contributed by atoms with E-state index in [9.17, 15) is 18.0 Å². The van der Waals surface area contributed by atoms with Crippen molar-refractivity contribution < 1.29 is 18.0 Å². The maximum absolute atomic E-state index is 12.6. The lowest BCUT2D eigenvalue weighted by molar-refractivity contribution is -0.148. The normalized spacial score (nSPS) is 20.2.